The zero-order valence-corrected chi connectivity index (χ0v) is 16.5. The fourth-order valence-corrected chi connectivity index (χ4v) is 3.77. The minimum Gasteiger partial charge on any atom is -0.325 e. The normalized spacial score (nSPS) is 15.9. The number of anilines is 1. The standard InChI is InChI=1S/C23H29FN2O/c1-16(2)21-6-4-5-17(3)22(21)25-23(27)19-11-13-26(14-12-19)15-18-7-9-20(24)10-8-18/h4-10,16,19H,11-15H2,1-3H3,(H,25,27). The average Bonchev–Trinajstić information content (AvgIpc) is 2.65. The van der Waals surface area contributed by atoms with Crippen LogP contribution in [-0.4, -0.2) is 23.9 Å². The molecule has 0 spiro atoms. The van der Waals surface area contributed by atoms with Gasteiger partial charge in [-0.3, -0.25) is 9.69 Å². The predicted molar refractivity (Wildman–Crippen MR) is 108 cm³/mol. The summed E-state index contributed by atoms with van der Waals surface area (Å²) in [5, 5.41) is 3.20. The molecule has 0 radical (unpaired) electrons. The van der Waals surface area contributed by atoms with Crippen molar-refractivity contribution in [3.8, 4) is 0 Å². The highest BCUT2D eigenvalue weighted by Crippen LogP contribution is 2.29. The quantitative estimate of drug-likeness (QED) is 0.795. The molecule has 0 aromatic heterocycles. The number of benzene rings is 2. The Balaban J connectivity index is 1.57. The van der Waals surface area contributed by atoms with Gasteiger partial charge in [0.1, 0.15) is 5.82 Å². The van der Waals surface area contributed by atoms with E-state index in [1.807, 2.05) is 31.2 Å². The Kier molecular flexibility index (Phi) is 6.27. The van der Waals surface area contributed by atoms with E-state index in [-0.39, 0.29) is 17.6 Å². The van der Waals surface area contributed by atoms with E-state index < -0.39 is 0 Å². The van der Waals surface area contributed by atoms with Crippen molar-refractivity contribution in [3.63, 3.8) is 0 Å². The number of piperidine rings is 1. The van der Waals surface area contributed by atoms with Gasteiger partial charge in [-0.2, -0.15) is 0 Å². The lowest BCUT2D eigenvalue weighted by Crippen LogP contribution is -2.38. The van der Waals surface area contributed by atoms with Crippen molar-refractivity contribution < 1.29 is 9.18 Å². The maximum absolute atomic E-state index is 13.0. The van der Waals surface area contributed by atoms with Gasteiger partial charge in [-0.1, -0.05) is 44.2 Å². The van der Waals surface area contributed by atoms with Crippen molar-refractivity contribution in [1.82, 2.24) is 4.90 Å². The number of para-hydroxylation sites is 1. The van der Waals surface area contributed by atoms with Crippen LogP contribution in [0.1, 0.15) is 49.3 Å². The first-order valence-corrected chi connectivity index (χ1v) is 9.81. The van der Waals surface area contributed by atoms with Gasteiger partial charge in [-0.25, -0.2) is 4.39 Å². The third kappa shape index (κ3) is 4.95. The van der Waals surface area contributed by atoms with Crippen LogP contribution in [-0.2, 0) is 11.3 Å². The first-order chi connectivity index (χ1) is 12.9. The Bertz CT molecular complexity index is 777. The van der Waals surface area contributed by atoms with Gasteiger partial charge in [0, 0.05) is 18.2 Å². The van der Waals surface area contributed by atoms with Crippen LogP contribution in [0.4, 0.5) is 10.1 Å². The highest BCUT2D eigenvalue weighted by Gasteiger charge is 2.26. The Hall–Kier alpha value is -2.20. The van der Waals surface area contributed by atoms with Crippen LogP contribution >= 0.6 is 0 Å². The van der Waals surface area contributed by atoms with Gasteiger partial charge in [-0.05, 0) is 67.6 Å². The van der Waals surface area contributed by atoms with Gasteiger partial charge in [-0.15, -0.1) is 0 Å². The highest BCUT2D eigenvalue weighted by molar-refractivity contribution is 5.94. The number of nitrogens with one attached hydrogen (secondary N) is 1. The number of halogens is 1. The third-order valence-electron chi connectivity index (χ3n) is 5.45. The number of aryl methyl sites for hydroxylation is 1. The largest absolute Gasteiger partial charge is 0.325 e. The maximum Gasteiger partial charge on any atom is 0.227 e. The lowest BCUT2D eigenvalue weighted by Gasteiger charge is -2.31. The summed E-state index contributed by atoms with van der Waals surface area (Å²) in [5.41, 5.74) is 4.40. The minimum atomic E-state index is -0.203. The molecule has 2 aromatic rings. The van der Waals surface area contributed by atoms with E-state index in [0.29, 0.717) is 5.92 Å². The molecule has 0 aliphatic carbocycles. The molecule has 0 unspecified atom stereocenters. The van der Waals surface area contributed by atoms with Gasteiger partial charge in [0.25, 0.3) is 0 Å². The van der Waals surface area contributed by atoms with Crippen LogP contribution in [0.5, 0.6) is 0 Å². The van der Waals surface area contributed by atoms with Gasteiger partial charge >= 0.3 is 0 Å². The van der Waals surface area contributed by atoms with Gasteiger partial charge in [0.2, 0.25) is 5.91 Å². The van der Waals surface area contributed by atoms with Crippen molar-refractivity contribution in [2.24, 2.45) is 5.92 Å². The van der Waals surface area contributed by atoms with Crippen LogP contribution in [0.3, 0.4) is 0 Å². The summed E-state index contributed by atoms with van der Waals surface area (Å²) in [6.07, 6.45) is 1.71. The Morgan fingerprint density at radius 1 is 1.15 bits per heavy atom. The van der Waals surface area contributed by atoms with Gasteiger partial charge in [0.15, 0.2) is 0 Å². The van der Waals surface area contributed by atoms with Crippen molar-refractivity contribution in [2.75, 3.05) is 18.4 Å². The summed E-state index contributed by atoms with van der Waals surface area (Å²) in [5.74, 6) is 0.352. The second kappa shape index (κ2) is 8.66. The summed E-state index contributed by atoms with van der Waals surface area (Å²) in [7, 11) is 0. The molecule has 3 rings (SSSR count). The molecule has 1 N–H and O–H groups in total. The summed E-state index contributed by atoms with van der Waals surface area (Å²) in [6, 6.07) is 12.9. The predicted octanol–water partition coefficient (Wildman–Crippen LogP) is 5.11. The number of rotatable bonds is 5. The SMILES string of the molecule is Cc1cccc(C(C)C)c1NC(=O)C1CCN(Cc2ccc(F)cc2)CC1. The maximum atomic E-state index is 13.0. The first-order valence-electron chi connectivity index (χ1n) is 9.81. The Morgan fingerprint density at radius 2 is 1.81 bits per heavy atom. The Morgan fingerprint density at radius 3 is 2.44 bits per heavy atom. The van der Waals surface area contributed by atoms with E-state index in [2.05, 4.69) is 30.1 Å². The summed E-state index contributed by atoms with van der Waals surface area (Å²) in [6.45, 7) is 8.94. The fraction of sp³-hybridized carbons (Fsp3) is 0.435. The summed E-state index contributed by atoms with van der Waals surface area (Å²) in [4.78, 5) is 15.2. The second-order valence-corrected chi connectivity index (χ2v) is 7.86. The number of nitrogens with zero attached hydrogens (tertiary/aromatic N) is 1. The minimum absolute atomic E-state index is 0.0501. The zero-order chi connectivity index (χ0) is 19.4. The van der Waals surface area contributed by atoms with Crippen LogP contribution in [0, 0.1) is 18.7 Å². The van der Waals surface area contributed by atoms with Gasteiger partial charge in [0.05, 0.1) is 0 Å². The number of carbonyl (C=O) groups excluding carboxylic acids is 1. The van der Waals surface area contributed by atoms with E-state index in [9.17, 15) is 9.18 Å². The lowest BCUT2D eigenvalue weighted by molar-refractivity contribution is -0.121. The van der Waals surface area contributed by atoms with Crippen molar-refractivity contribution >= 4 is 11.6 Å². The van der Waals surface area contributed by atoms with Gasteiger partial charge < -0.3 is 5.32 Å². The molecule has 27 heavy (non-hydrogen) atoms. The topological polar surface area (TPSA) is 32.3 Å². The van der Waals surface area contributed by atoms with E-state index in [4.69, 9.17) is 0 Å². The molecule has 0 atom stereocenters. The molecular formula is C23H29FN2O. The molecule has 1 heterocycles. The molecule has 144 valence electrons. The Labute approximate surface area is 161 Å². The van der Waals surface area contributed by atoms with Crippen molar-refractivity contribution in [3.05, 3.63) is 65.0 Å². The van der Waals surface area contributed by atoms with E-state index in [1.54, 1.807) is 0 Å². The highest BCUT2D eigenvalue weighted by atomic mass is 19.1. The molecule has 1 aliphatic heterocycles. The number of amides is 1. The monoisotopic (exact) mass is 368 g/mol. The van der Waals surface area contributed by atoms with Crippen LogP contribution in [0.25, 0.3) is 0 Å². The number of likely N-dealkylation sites (tertiary alicyclic amines) is 1. The van der Waals surface area contributed by atoms with E-state index in [0.717, 1.165) is 49.3 Å². The van der Waals surface area contributed by atoms with Crippen LogP contribution in [0.2, 0.25) is 0 Å². The van der Waals surface area contributed by atoms with Crippen molar-refractivity contribution in [2.45, 2.75) is 46.1 Å². The zero-order valence-electron chi connectivity index (χ0n) is 16.5. The molecular weight excluding hydrogens is 339 g/mol. The van der Waals surface area contributed by atoms with Crippen molar-refractivity contribution in [1.29, 1.82) is 0 Å². The molecule has 1 amide bonds. The molecule has 4 heteroatoms. The number of hydrogen-bond donors (Lipinski definition) is 1. The molecule has 2 aromatic carbocycles. The smallest absolute Gasteiger partial charge is 0.227 e. The summed E-state index contributed by atoms with van der Waals surface area (Å²) < 4.78 is 13.0. The molecule has 1 aliphatic rings. The molecule has 3 nitrogen and oxygen atoms in total. The molecule has 1 saturated heterocycles. The lowest BCUT2D eigenvalue weighted by atomic mass is 9.94. The first kappa shape index (κ1) is 19.6. The molecule has 1 fully saturated rings. The number of hydrogen-bond acceptors (Lipinski definition) is 2. The van der Waals surface area contributed by atoms with E-state index >= 15 is 0 Å². The van der Waals surface area contributed by atoms with Crippen LogP contribution < -0.4 is 5.32 Å². The third-order valence-corrected chi connectivity index (χ3v) is 5.45. The average molecular weight is 368 g/mol. The molecule has 0 saturated carbocycles. The van der Waals surface area contributed by atoms with Crippen LogP contribution in [0.15, 0.2) is 42.5 Å². The number of carbonyl (C=O) groups is 1. The fourth-order valence-electron chi connectivity index (χ4n) is 3.77. The second-order valence-electron chi connectivity index (χ2n) is 7.86. The molecule has 0 bridgehead atoms. The summed E-state index contributed by atoms with van der Waals surface area (Å²) >= 11 is 0. The van der Waals surface area contributed by atoms with E-state index in [1.165, 1.54) is 17.7 Å².